The Labute approximate surface area is 181 Å². The van der Waals surface area contributed by atoms with Crippen LogP contribution in [0.4, 0.5) is 0 Å². The number of benzene rings is 1. The van der Waals surface area contributed by atoms with Crippen molar-refractivity contribution in [2.75, 3.05) is 0 Å². The number of unbranched alkanes of at least 4 members (excludes halogenated alkanes) is 8. The molecule has 0 bridgehead atoms. The lowest BCUT2D eigenvalue weighted by molar-refractivity contribution is -0.121. The molecule has 1 amide bonds. The van der Waals surface area contributed by atoms with E-state index < -0.39 is 8.07 Å². The van der Waals surface area contributed by atoms with Crippen molar-refractivity contribution < 1.29 is 4.79 Å². The van der Waals surface area contributed by atoms with Crippen LogP contribution in [0.2, 0.25) is 25.2 Å². The van der Waals surface area contributed by atoms with E-state index in [1.54, 1.807) is 0 Å². The zero-order valence-electron chi connectivity index (χ0n) is 19.4. The van der Waals surface area contributed by atoms with Crippen molar-refractivity contribution in [1.82, 2.24) is 5.32 Å². The number of rotatable bonds is 15. The van der Waals surface area contributed by atoms with Gasteiger partial charge in [-0.25, -0.2) is 0 Å². The van der Waals surface area contributed by atoms with Gasteiger partial charge >= 0.3 is 0 Å². The SMILES string of the molecule is CCCCCCCCCC[Si](C)(C)CCCCC(=O)NC1CCc2ccccc21. The van der Waals surface area contributed by atoms with Crippen LogP contribution in [-0.2, 0) is 11.2 Å². The molecule has 164 valence electrons. The second-order valence-corrected chi connectivity index (χ2v) is 15.3. The molecule has 2 nitrogen and oxygen atoms in total. The van der Waals surface area contributed by atoms with Gasteiger partial charge in [0.15, 0.2) is 0 Å². The third-order valence-electron chi connectivity index (χ3n) is 6.68. The maximum absolute atomic E-state index is 12.4. The normalized spacial score (nSPS) is 16.0. The van der Waals surface area contributed by atoms with Crippen LogP contribution in [-0.4, -0.2) is 14.0 Å². The first-order chi connectivity index (χ1) is 14.0. The molecule has 0 saturated heterocycles. The Morgan fingerprint density at radius 3 is 2.28 bits per heavy atom. The molecule has 0 aliphatic heterocycles. The molecular formula is C26H45NOSi. The van der Waals surface area contributed by atoms with E-state index in [1.165, 1.54) is 81.0 Å². The highest BCUT2D eigenvalue weighted by molar-refractivity contribution is 6.77. The van der Waals surface area contributed by atoms with Gasteiger partial charge in [0.25, 0.3) is 0 Å². The molecule has 1 aliphatic rings. The predicted molar refractivity (Wildman–Crippen MR) is 129 cm³/mol. The first kappa shape index (κ1) is 24.2. The molecule has 1 atom stereocenters. The minimum absolute atomic E-state index is 0.242. The standard InChI is InChI=1S/C26H45NOSi/c1-4-5-6-7-8-9-10-14-21-29(2,3)22-15-13-18-26(28)27-25-20-19-23-16-11-12-17-24(23)25/h11-12,16-17,25H,4-10,13-15,18-22H2,1-3H3,(H,27,28). The van der Waals surface area contributed by atoms with Crippen molar-refractivity contribution in [2.45, 2.75) is 122 Å². The number of carbonyl (C=O) groups excluding carboxylic acids is 1. The van der Waals surface area contributed by atoms with E-state index in [0.717, 1.165) is 19.3 Å². The fourth-order valence-electron chi connectivity index (χ4n) is 4.73. The molecule has 1 aliphatic carbocycles. The summed E-state index contributed by atoms with van der Waals surface area (Å²) < 4.78 is 0. The van der Waals surface area contributed by atoms with Gasteiger partial charge in [0.05, 0.1) is 6.04 Å². The molecule has 0 spiro atoms. The maximum Gasteiger partial charge on any atom is 0.220 e. The van der Waals surface area contributed by atoms with Gasteiger partial charge in [-0.2, -0.15) is 0 Å². The van der Waals surface area contributed by atoms with Gasteiger partial charge in [-0.3, -0.25) is 4.79 Å². The van der Waals surface area contributed by atoms with Crippen molar-refractivity contribution in [1.29, 1.82) is 0 Å². The van der Waals surface area contributed by atoms with Crippen molar-refractivity contribution >= 4 is 14.0 Å². The number of fused-ring (bicyclic) bond motifs is 1. The van der Waals surface area contributed by atoms with Crippen LogP contribution in [0, 0.1) is 0 Å². The molecule has 0 saturated carbocycles. The highest BCUT2D eigenvalue weighted by Gasteiger charge is 2.23. The lowest BCUT2D eigenvalue weighted by Crippen LogP contribution is -2.27. The fraction of sp³-hybridized carbons (Fsp3) is 0.731. The van der Waals surface area contributed by atoms with Crippen LogP contribution >= 0.6 is 0 Å². The number of hydrogen-bond donors (Lipinski definition) is 1. The Morgan fingerprint density at radius 1 is 0.931 bits per heavy atom. The number of nitrogens with one attached hydrogen (secondary N) is 1. The summed E-state index contributed by atoms with van der Waals surface area (Å²) >= 11 is 0. The molecule has 1 unspecified atom stereocenters. The molecule has 1 aromatic rings. The van der Waals surface area contributed by atoms with Crippen LogP contribution in [0.5, 0.6) is 0 Å². The van der Waals surface area contributed by atoms with E-state index in [0.29, 0.717) is 6.42 Å². The lowest BCUT2D eigenvalue weighted by Gasteiger charge is -2.22. The smallest absolute Gasteiger partial charge is 0.220 e. The van der Waals surface area contributed by atoms with Crippen molar-refractivity contribution in [3.8, 4) is 0 Å². The molecule has 2 rings (SSSR count). The molecular weight excluding hydrogens is 370 g/mol. The number of hydrogen-bond acceptors (Lipinski definition) is 1. The molecule has 1 N–H and O–H groups in total. The summed E-state index contributed by atoms with van der Waals surface area (Å²) in [6, 6.07) is 11.6. The second kappa shape index (κ2) is 13.3. The molecule has 0 radical (unpaired) electrons. The lowest BCUT2D eigenvalue weighted by atomic mass is 10.1. The predicted octanol–water partition coefficient (Wildman–Crippen LogP) is 7.81. The topological polar surface area (TPSA) is 29.1 Å². The van der Waals surface area contributed by atoms with Gasteiger partial charge in [0.1, 0.15) is 0 Å². The third-order valence-corrected chi connectivity index (χ3v) is 10.1. The summed E-state index contributed by atoms with van der Waals surface area (Å²) in [6.07, 6.45) is 16.5. The highest BCUT2D eigenvalue weighted by atomic mass is 28.3. The van der Waals surface area contributed by atoms with E-state index in [1.807, 2.05) is 0 Å². The number of aryl methyl sites for hydroxylation is 1. The van der Waals surface area contributed by atoms with Gasteiger partial charge in [0.2, 0.25) is 5.91 Å². The maximum atomic E-state index is 12.4. The van der Waals surface area contributed by atoms with Crippen LogP contribution in [0.3, 0.4) is 0 Å². The third kappa shape index (κ3) is 9.50. The van der Waals surface area contributed by atoms with Gasteiger partial charge in [0, 0.05) is 14.5 Å². The Balaban J connectivity index is 1.51. The monoisotopic (exact) mass is 415 g/mol. The summed E-state index contributed by atoms with van der Waals surface area (Å²) in [6.45, 7) is 7.38. The summed E-state index contributed by atoms with van der Waals surface area (Å²) in [5.74, 6) is 0.245. The van der Waals surface area contributed by atoms with Crippen LogP contribution < -0.4 is 5.32 Å². The van der Waals surface area contributed by atoms with Gasteiger partial charge in [-0.1, -0.05) is 114 Å². The first-order valence-corrected chi connectivity index (χ1v) is 15.8. The van der Waals surface area contributed by atoms with Crippen LogP contribution in [0.15, 0.2) is 24.3 Å². The molecule has 0 fully saturated rings. The Kier molecular flexibility index (Phi) is 11.1. The van der Waals surface area contributed by atoms with E-state index >= 15 is 0 Å². The molecule has 0 heterocycles. The van der Waals surface area contributed by atoms with E-state index in [9.17, 15) is 4.79 Å². The van der Waals surface area contributed by atoms with E-state index in [2.05, 4.69) is 49.6 Å². The van der Waals surface area contributed by atoms with Crippen molar-refractivity contribution in [2.24, 2.45) is 0 Å². The first-order valence-electron chi connectivity index (χ1n) is 12.4. The number of carbonyl (C=O) groups is 1. The minimum atomic E-state index is -1.07. The van der Waals surface area contributed by atoms with Crippen LogP contribution in [0.25, 0.3) is 0 Å². The molecule has 1 aromatic carbocycles. The van der Waals surface area contributed by atoms with Crippen LogP contribution in [0.1, 0.15) is 101 Å². The zero-order valence-corrected chi connectivity index (χ0v) is 20.4. The van der Waals surface area contributed by atoms with Crippen molar-refractivity contribution in [3.05, 3.63) is 35.4 Å². The largest absolute Gasteiger partial charge is 0.349 e. The zero-order chi connectivity index (χ0) is 21.0. The Hall–Kier alpha value is -1.09. The average Bonchev–Trinajstić information content (AvgIpc) is 3.10. The molecule has 29 heavy (non-hydrogen) atoms. The summed E-state index contributed by atoms with van der Waals surface area (Å²) in [7, 11) is -1.07. The quantitative estimate of drug-likeness (QED) is 0.230. The van der Waals surface area contributed by atoms with E-state index in [4.69, 9.17) is 0 Å². The van der Waals surface area contributed by atoms with Crippen molar-refractivity contribution in [3.63, 3.8) is 0 Å². The summed E-state index contributed by atoms with van der Waals surface area (Å²) in [4.78, 5) is 12.4. The fourth-order valence-corrected chi connectivity index (χ4v) is 7.39. The van der Waals surface area contributed by atoms with Gasteiger partial charge in [-0.05, 0) is 30.4 Å². The summed E-state index contributed by atoms with van der Waals surface area (Å²) in [5, 5.41) is 3.27. The molecule has 3 heteroatoms. The minimum Gasteiger partial charge on any atom is -0.349 e. The Morgan fingerprint density at radius 2 is 1.55 bits per heavy atom. The van der Waals surface area contributed by atoms with Gasteiger partial charge < -0.3 is 5.32 Å². The highest BCUT2D eigenvalue weighted by Crippen LogP contribution is 2.30. The van der Waals surface area contributed by atoms with Gasteiger partial charge in [-0.15, -0.1) is 0 Å². The Bertz CT molecular complexity index is 598. The molecule has 0 aromatic heterocycles. The summed E-state index contributed by atoms with van der Waals surface area (Å²) in [5.41, 5.74) is 2.74. The van der Waals surface area contributed by atoms with E-state index in [-0.39, 0.29) is 11.9 Å². The number of amides is 1. The average molecular weight is 416 g/mol. The second-order valence-electron chi connectivity index (χ2n) is 9.95.